The van der Waals surface area contributed by atoms with Crippen LogP contribution in [0, 0.1) is 0 Å². The molecule has 1 heterocycles. The fourth-order valence-electron chi connectivity index (χ4n) is 2.96. The number of fused-ring (bicyclic) bond motifs is 1. The van der Waals surface area contributed by atoms with Crippen LogP contribution in [0.3, 0.4) is 0 Å². The van der Waals surface area contributed by atoms with E-state index >= 15 is 0 Å². The lowest BCUT2D eigenvalue weighted by molar-refractivity contribution is 0.0932. The summed E-state index contributed by atoms with van der Waals surface area (Å²) in [6, 6.07) is 7.94. The van der Waals surface area contributed by atoms with Gasteiger partial charge in [0, 0.05) is 5.69 Å². The molecule has 1 atom stereocenters. The van der Waals surface area contributed by atoms with Gasteiger partial charge >= 0.3 is 0 Å². The predicted molar refractivity (Wildman–Crippen MR) is 90.2 cm³/mol. The van der Waals surface area contributed by atoms with Crippen molar-refractivity contribution in [2.75, 3.05) is 0 Å². The summed E-state index contributed by atoms with van der Waals surface area (Å²) >= 11 is 6.06. The number of benzene rings is 1. The Kier molecular flexibility index (Phi) is 4.40. The number of aryl methyl sites for hydroxylation is 1. The lowest BCUT2D eigenvalue weighted by Gasteiger charge is -2.26. The molecule has 0 fully saturated rings. The summed E-state index contributed by atoms with van der Waals surface area (Å²) in [6.45, 7) is 0. The van der Waals surface area contributed by atoms with Gasteiger partial charge in [-0.05, 0) is 43.0 Å². The molecule has 0 bridgehead atoms. The second kappa shape index (κ2) is 6.49. The number of halogens is 1. The number of pyridine rings is 1. The van der Waals surface area contributed by atoms with Crippen LogP contribution >= 0.6 is 11.6 Å². The van der Waals surface area contributed by atoms with Gasteiger partial charge in [0.05, 0.1) is 16.6 Å². The summed E-state index contributed by atoms with van der Waals surface area (Å²) in [5.74, 6) is -1.09. The molecule has 2 amide bonds. The molecule has 0 unspecified atom stereocenters. The number of primary amides is 1. The number of hydrogen-bond acceptors (Lipinski definition) is 3. The summed E-state index contributed by atoms with van der Waals surface area (Å²) < 4.78 is 0. The molecule has 3 rings (SSSR count). The fraction of sp³-hybridized carbons (Fsp3) is 0.235. The molecule has 0 aliphatic heterocycles. The lowest BCUT2D eigenvalue weighted by atomic mass is 9.90. The molecule has 2 aromatic rings. The third-order valence-electron chi connectivity index (χ3n) is 4.14. The molecule has 0 radical (unpaired) electrons. The van der Waals surface area contributed by atoms with Crippen molar-refractivity contribution in [2.45, 2.75) is 25.3 Å². The quantitative estimate of drug-likeness (QED) is 0.791. The van der Waals surface area contributed by atoms with Gasteiger partial charge in [-0.15, -0.1) is 0 Å². The summed E-state index contributed by atoms with van der Waals surface area (Å²) in [7, 11) is 0. The van der Waals surface area contributed by atoms with Gasteiger partial charge in [0.25, 0.3) is 17.4 Å². The van der Waals surface area contributed by atoms with Crippen LogP contribution in [-0.4, -0.2) is 16.8 Å². The molecule has 6 nitrogen and oxygen atoms in total. The van der Waals surface area contributed by atoms with Crippen LogP contribution in [0.2, 0.25) is 5.02 Å². The van der Waals surface area contributed by atoms with Gasteiger partial charge in [-0.25, -0.2) is 0 Å². The molecule has 124 valence electrons. The summed E-state index contributed by atoms with van der Waals surface area (Å²) in [6.07, 6.45) is 2.20. The minimum Gasteiger partial charge on any atom is -0.365 e. The molecule has 1 aliphatic rings. The second-order valence-corrected chi connectivity index (χ2v) is 6.12. The zero-order valence-electron chi connectivity index (χ0n) is 12.8. The average Bonchev–Trinajstić information content (AvgIpc) is 2.54. The Morgan fingerprint density at radius 1 is 1.25 bits per heavy atom. The Morgan fingerprint density at radius 2 is 2.00 bits per heavy atom. The van der Waals surface area contributed by atoms with E-state index in [1.54, 1.807) is 24.3 Å². The van der Waals surface area contributed by atoms with E-state index in [1.165, 1.54) is 6.07 Å². The van der Waals surface area contributed by atoms with Crippen LogP contribution in [0.1, 0.15) is 50.9 Å². The highest BCUT2D eigenvalue weighted by Gasteiger charge is 2.25. The van der Waals surface area contributed by atoms with E-state index in [2.05, 4.69) is 10.3 Å². The zero-order valence-corrected chi connectivity index (χ0v) is 13.5. The number of aromatic amines is 1. The van der Waals surface area contributed by atoms with Gasteiger partial charge in [-0.2, -0.15) is 0 Å². The van der Waals surface area contributed by atoms with Crippen LogP contribution in [0.25, 0.3) is 0 Å². The number of amides is 2. The van der Waals surface area contributed by atoms with Crippen molar-refractivity contribution in [1.82, 2.24) is 10.3 Å². The number of nitrogens with one attached hydrogen (secondary N) is 2. The van der Waals surface area contributed by atoms with E-state index < -0.39 is 11.5 Å². The standard InChI is InChI=1S/C17H16ClN3O3/c18-12-5-2-1-4-9(12)16(23)20-13-6-3-7-14-10(13)8-11(15(19)22)17(24)21-14/h1-2,4-5,8,13H,3,6-7H2,(H2,19,22)(H,20,23)(H,21,24)/t13-/m1/s1. The Balaban J connectivity index is 1.93. The largest absolute Gasteiger partial charge is 0.365 e. The van der Waals surface area contributed by atoms with Crippen LogP contribution in [0.5, 0.6) is 0 Å². The third-order valence-corrected chi connectivity index (χ3v) is 4.47. The van der Waals surface area contributed by atoms with E-state index in [-0.39, 0.29) is 17.5 Å². The van der Waals surface area contributed by atoms with E-state index in [0.717, 1.165) is 17.7 Å². The van der Waals surface area contributed by atoms with Crippen molar-refractivity contribution in [2.24, 2.45) is 5.73 Å². The normalized spacial score (nSPS) is 16.3. The first-order valence-electron chi connectivity index (χ1n) is 7.58. The number of H-pyrrole nitrogens is 1. The van der Waals surface area contributed by atoms with E-state index in [1.807, 2.05) is 0 Å². The molecular formula is C17H16ClN3O3. The van der Waals surface area contributed by atoms with Gasteiger partial charge in [0.1, 0.15) is 5.56 Å². The Bertz CT molecular complexity index is 876. The minimum atomic E-state index is -0.791. The Morgan fingerprint density at radius 3 is 2.71 bits per heavy atom. The maximum absolute atomic E-state index is 12.5. The molecule has 7 heteroatoms. The van der Waals surface area contributed by atoms with Crippen molar-refractivity contribution in [1.29, 1.82) is 0 Å². The molecule has 24 heavy (non-hydrogen) atoms. The number of carbonyl (C=O) groups excluding carboxylic acids is 2. The van der Waals surface area contributed by atoms with Crippen LogP contribution < -0.4 is 16.6 Å². The molecule has 0 saturated carbocycles. The fourth-order valence-corrected chi connectivity index (χ4v) is 3.18. The van der Waals surface area contributed by atoms with Gasteiger partial charge in [-0.1, -0.05) is 23.7 Å². The average molecular weight is 346 g/mol. The highest BCUT2D eigenvalue weighted by molar-refractivity contribution is 6.33. The van der Waals surface area contributed by atoms with Gasteiger partial charge in [-0.3, -0.25) is 14.4 Å². The van der Waals surface area contributed by atoms with E-state index in [4.69, 9.17) is 17.3 Å². The lowest BCUT2D eigenvalue weighted by Crippen LogP contribution is -2.34. The predicted octanol–water partition coefficient (Wildman–Crippen LogP) is 1.93. The summed E-state index contributed by atoms with van der Waals surface area (Å²) in [5.41, 5.74) is 6.46. The van der Waals surface area contributed by atoms with Crippen LogP contribution in [0.15, 0.2) is 35.1 Å². The number of aromatic nitrogens is 1. The second-order valence-electron chi connectivity index (χ2n) is 5.71. The van der Waals surface area contributed by atoms with Crippen molar-refractivity contribution in [3.05, 3.63) is 68.1 Å². The molecule has 1 aliphatic carbocycles. The minimum absolute atomic E-state index is 0.104. The maximum Gasteiger partial charge on any atom is 0.261 e. The molecular weight excluding hydrogens is 330 g/mol. The number of nitrogens with two attached hydrogens (primary N) is 1. The van der Waals surface area contributed by atoms with Crippen molar-refractivity contribution in [3.8, 4) is 0 Å². The summed E-state index contributed by atoms with van der Waals surface area (Å²) in [4.78, 5) is 38.4. The van der Waals surface area contributed by atoms with Crippen molar-refractivity contribution in [3.63, 3.8) is 0 Å². The van der Waals surface area contributed by atoms with Gasteiger partial charge in [0.15, 0.2) is 0 Å². The molecule has 4 N–H and O–H groups in total. The topological polar surface area (TPSA) is 105 Å². The smallest absolute Gasteiger partial charge is 0.261 e. The first kappa shape index (κ1) is 16.3. The first-order chi connectivity index (χ1) is 11.5. The van der Waals surface area contributed by atoms with Crippen molar-refractivity contribution < 1.29 is 9.59 Å². The third kappa shape index (κ3) is 3.05. The monoisotopic (exact) mass is 345 g/mol. The number of rotatable bonds is 3. The highest BCUT2D eigenvalue weighted by Crippen LogP contribution is 2.29. The highest BCUT2D eigenvalue weighted by atomic mass is 35.5. The van der Waals surface area contributed by atoms with Crippen LogP contribution in [-0.2, 0) is 6.42 Å². The Labute approximate surface area is 143 Å². The molecule has 1 aromatic carbocycles. The van der Waals surface area contributed by atoms with Crippen LogP contribution in [0.4, 0.5) is 0 Å². The molecule has 1 aromatic heterocycles. The molecule has 0 saturated heterocycles. The van der Waals surface area contributed by atoms with E-state index in [0.29, 0.717) is 23.4 Å². The Hall–Kier alpha value is -2.60. The first-order valence-corrected chi connectivity index (χ1v) is 7.96. The molecule has 0 spiro atoms. The maximum atomic E-state index is 12.5. The van der Waals surface area contributed by atoms with Crippen molar-refractivity contribution >= 4 is 23.4 Å². The zero-order chi connectivity index (χ0) is 17.3. The van der Waals surface area contributed by atoms with Gasteiger partial charge < -0.3 is 16.0 Å². The summed E-state index contributed by atoms with van der Waals surface area (Å²) in [5, 5.41) is 3.29. The van der Waals surface area contributed by atoms with Gasteiger partial charge in [0.2, 0.25) is 0 Å². The SMILES string of the molecule is NC(=O)c1cc2c([nH]c1=O)CCC[C@H]2NC(=O)c1ccccc1Cl. The van der Waals surface area contributed by atoms with E-state index in [9.17, 15) is 14.4 Å². The number of hydrogen-bond donors (Lipinski definition) is 3. The number of carbonyl (C=O) groups is 2.